The third-order valence-corrected chi connectivity index (χ3v) is 3.52. The molecule has 0 N–H and O–H groups in total. The second-order valence-electron chi connectivity index (χ2n) is 6.67. The predicted molar refractivity (Wildman–Crippen MR) is 86.8 cm³/mol. The van der Waals surface area contributed by atoms with Crippen molar-refractivity contribution in [2.45, 2.75) is 33.0 Å². The number of carbonyl (C=O) groups excluding carboxylic acids is 2. The van der Waals surface area contributed by atoms with Crippen LogP contribution in [-0.4, -0.2) is 60.2 Å². The summed E-state index contributed by atoms with van der Waals surface area (Å²) in [5, 5.41) is 0. The molecule has 25 heavy (non-hydrogen) atoms. The quantitative estimate of drug-likeness (QED) is 0.835. The zero-order valence-corrected chi connectivity index (χ0v) is 14.5. The zero-order chi connectivity index (χ0) is 18.6. The van der Waals surface area contributed by atoms with E-state index in [0.717, 1.165) is 0 Å². The third kappa shape index (κ3) is 5.58. The Hall–Kier alpha value is -2.38. The first-order valence-electron chi connectivity index (χ1n) is 7.98. The molecule has 0 bridgehead atoms. The average molecular weight is 356 g/mol. The fourth-order valence-corrected chi connectivity index (χ4v) is 2.41. The number of ether oxygens (including phenoxy) is 2. The minimum absolute atomic E-state index is 0.0618. The van der Waals surface area contributed by atoms with Gasteiger partial charge in [-0.05, 0) is 39.0 Å². The lowest BCUT2D eigenvalue weighted by atomic mass is 10.1. The van der Waals surface area contributed by atoms with Gasteiger partial charge in [-0.3, -0.25) is 4.79 Å². The largest absolute Gasteiger partial charge is 0.444 e. The van der Waals surface area contributed by atoms with Gasteiger partial charge in [0.1, 0.15) is 11.4 Å². The van der Waals surface area contributed by atoms with Gasteiger partial charge in [-0.1, -0.05) is 6.07 Å². The molecule has 1 heterocycles. The summed E-state index contributed by atoms with van der Waals surface area (Å²) in [5.41, 5.74) is -0.307. The van der Waals surface area contributed by atoms with Crippen molar-refractivity contribution in [3.8, 4) is 5.75 Å². The molecule has 0 aromatic heterocycles. The monoisotopic (exact) mass is 356 g/mol. The van der Waals surface area contributed by atoms with Crippen molar-refractivity contribution in [2.24, 2.45) is 0 Å². The SMILES string of the molecule is CC(C)(C)OC(=O)N1CCN(C(=O)c2cccc(OC(F)F)c2)CC1. The molecule has 8 heteroatoms. The van der Waals surface area contributed by atoms with E-state index in [-0.39, 0.29) is 17.2 Å². The van der Waals surface area contributed by atoms with Crippen molar-refractivity contribution >= 4 is 12.0 Å². The molecule has 138 valence electrons. The molecular weight excluding hydrogens is 334 g/mol. The van der Waals surface area contributed by atoms with Crippen LogP contribution in [-0.2, 0) is 4.74 Å². The Kier molecular flexibility index (Phi) is 5.81. The zero-order valence-electron chi connectivity index (χ0n) is 14.5. The lowest BCUT2D eigenvalue weighted by Crippen LogP contribution is -2.51. The van der Waals surface area contributed by atoms with Crippen molar-refractivity contribution in [3.05, 3.63) is 29.8 Å². The first kappa shape index (κ1) is 19.0. The minimum atomic E-state index is -2.94. The van der Waals surface area contributed by atoms with Crippen molar-refractivity contribution in [2.75, 3.05) is 26.2 Å². The summed E-state index contributed by atoms with van der Waals surface area (Å²) >= 11 is 0. The highest BCUT2D eigenvalue weighted by atomic mass is 19.3. The Morgan fingerprint density at radius 2 is 1.68 bits per heavy atom. The van der Waals surface area contributed by atoms with E-state index >= 15 is 0 Å². The summed E-state index contributed by atoms with van der Waals surface area (Å²) in [7, 11) is 0. The summed E-state index contributed by atoms with van der Waals surface area (Å²) in [5.74, 6) is -0.350. The summed E-state index contributed by atoms with van der Waals surface area (Å²) < 4.78 is 34.2. The normalized spacial score (nSPS) is 15.3. The molecule has 6 nitrogen and oxygen atoms in total. The van der Waals surface area contributed by atoms with Gasteiger partial charge < -0.3 is 19.3 Å². The van der Waals surface area contributed by atoms with Gasteiger partial charge in [-0.2, -0.15) is 8.78 Å². The number of hydrogen-bond acceptors (Lipinski definition) is 4. The number of rotatable bonds is 3. The maximum atomic E-state index is 12.5. The molecule has 0 saturated carbocycles. The van der Waals surface area contributed by atoms with Gasteiger partial charge in [-0.25, -0.2) is 4.79 Å². The number of carbonyl (C=O) groups is 2. The molecule has 0 unspecified atom stereocenters. The summed E-state index contributed by atoms with van der Waals surface area (Å²) in [6, 6.07) is 5.68. The van der Waals surface area contributed by atoms with E-state index in [2.05, 4.69) is 4.74 Å². The molecule has 1 aromatic carbocycles. The van der Waals surface area contributed by atoms with Crippen LogP contribution in [0.15, 0.2) is 24.3 Å². The van der Waals surface area contributed by atoms with Gasteiger partial charge in [0.25, 0.3) is 5.91 Å². The van der Waals surface area contributed by atoms with Crippen molar-refractivity contribution in [1.82, 2.24) is 9.80 Å². The Morgan fingerprint density at radius 1 is 1.08 bits per heavy atom. The van der Waals surface area contributed by atoms with E-state index in [1.807, 2.05) is 0 Å². The smallest absolute Gasteiger partial charge is 0.410 e. The van der Waals surface area contributed by atoms with Gasteiger partial charge in [0.15, 0.2) is 0 Å². The number of halogens is 2. The van der Waals surface area contributed by atoms with Gasteiger partial charge in [0.2, 0.25) is 0 Å². The average Bonchev–Trinajstić information content (AvgIpc) is 2.52. The molecule has 2 amide bonds. The maximum absolute atomic E-state index is 12.5. The van der Waals surface area contributed by atoms with Gasteiger partial charge in [0.05, 0.1) is 0 Å². The van der Waals surface area contributed by atoms with Crippen LogP contribution in [0.5, 0.6) is 5.75 Å². The van der Waals surface area contributed by atoms with Crippen LogP contribution in [0.4, 0.5) is 13.6 Å². The topological polar surface area (TPSA) is 59.1 Å². The third-order valence-electron chi connectivity index (χ3n) is 3.52. The van der Waals surface area contributed by atoms with Crippen LogP contribution < -0.4 is 4.74 Å². The van der Waals surface area contributed by atoms with Gasteiger partial charge in [-0.15, -0.1) is 0 Å². The molecule has 1 aliphatic rings. The van der Waals surface area contributed by atoms with E-state index in [4.69, 9.17) is 4.74 Å². The van der Waals surface area contributed by atoms with Crippen molar-refractivity contribution in [1.29, 1.82) is 0 Å². The molecule has 1 aliphatic heterocycles. The molecule has 0 aliphatic carbocycles. The number of alkyl halides is 2. The summed E-state index contributed by atoms with van der Waals surface area (Å²) in [6.45, 7) is 3.83. The number of nitrogens with zero attached hydrogens (tertiary/aromatic N) is 2. The van der Waals surface area contributed by atoms with Crippen molar-refractivity contribution in [3.63, 3.8) is 0 Å². The Balaban J connectivity index is 1.94. The highest BCUT2D eigenvalue weighted by Gasteiger charge is 2.28. The lowest BCUT2D eigenvalue weighted by Gasteiger charge is -2.35. The number of piperazine rings is 1. The number of benzene rings is 1. The second kappa shape index (κ2) is 7.67. The lowest BCUT2D eigenvalue weighted by molar-refractivity contribution is -0.0499. The highest BCUT2D eigenvalue weighted by molar-refractivity contribution is 5.94. The summed E-state index contributed by atoms with van der Waals surface area (Å²) in [6.07, 6.45) is -0.410. The van der Waals surface area contributed by atoms with Crippen LogP contribution in [0.2, 0.25) is 0 Å². The molecule has 2 rings (SSSR count). The second-order valence-corrected chi connectivity index (χ2v) is 6.67. The Morgan fingerprint density at radius 3 is 2.24 bits per heavy atom. The molecule has 0 radical (unpaired) electrons. The van der Waals surface area contributed by atoms with Crippen molar-refractivity contribution < 1.29 is 27.8 Å². The molecule has 1 aromatic rings. The predicted octanol–water partition coefficient (Wildman–Crippen LogP) is 2.98. The maximum Gasteiger partial charge on any atom is 0.410 e. The minimum Gasteiger partial charge on any atom is -0.444 e. The van der Waals surface area contributed by atoms with E-state index in [9.17, 15) is 18.4 Å². The fraction of sp³-hybridized carbons (Fsp3) is 0.529. The van der Waals surface area contributed by atoms with Gasteiger partial charge >= 0.3 is 12.7 Å². The Bertz CT molecular complexity index is 623. The van der Waals surface area contributed by atoms with Gasteiger partial charge in [0, 0.05) is 31.7 Å². The summed E-state index contributed by atoms with van der Waals surface area (Å²) in [4.78, 5) is 27.6. The standard InChI is InChI=1S/C17H22F2N2O4/c1-17(2,3)25-16(23)21-9-7-20(8-10-21)14(22)12-5-4-6-13(11-12)24-15(18)19/h4-6,11,15H,7-10H2,1-3H3. The first-order valence-corrected chi connectivity index (χ1v) is 7.98. The van der Waals surface area contributed by atoms with Crippen LogP contribution in [0.25, 0.3) is 0 Å². The molecule has 0 spiro atoms. The van der Waals surface area contributed by atoms with E-state index in [1.54, 1.807) is 36.6 Å². The van der Waals surface area contributed by atoms with Crippen LogP contribution >= 0.6 is 0 Å². The van der Waals surface area contributed by atoms with E-state index in [1.165, 1.54) is 18.2 Å². The number of amides is 2. The number of hydrogen-bond donors (Lipinski definition) is 0. The Labute approximate surface area is 145 Å². The molecular formula is C17H22F2N2O4. The van der Waals surface area contributed by atoms with Crippen LogP contribution in [0.3, 0.4) is 0 Å². The van der Waals surface area contributed by atoms with E-state index < -0.39 is 18.3 Å². The van der Waals surface area contributed by atoms with Crippen LogP contribution in [0, 0.1) is 0 Å². The molecule has 1 fully saturated rings. The molecule has 1 saturated heterocycles. The van der Waals surface area contributed by atoms with E-state index in [0.29, 0.717) is 26.2 Å². The van der Waals surface area contributed by atoms with Crippen LogP contribution in [0.1, 0.15) is 31.1 Å². The molecule has 0 atom stereocenters. The fourth-order valence-electron chi connectivity index (χ4n) is 2.41. The highest BCUT2D eigenvalue weighted by Crippen LogP contribution is 2.18. The first-order chi connectivity index (χ1) is 11.7.